The van der Waals surface area contributed by atoms with Gasteiger partial charge in [-0.1, -0.05) is 23.5 Å². The van der Waals surface area contributed by atoms with Gasteiger partial charge in [0.15, 0.2) is 0 Å². The van der Waals surface area contributed by atoms with Gasteiger partial charge in [-0.2, -0.15) is 0 Å². The summed E-state index contributed by atoms with van der Waals surface area (Å²) in [7, 11) is 0. The number of amides is 1. The summed E-state index contributed by atoms with van der Waals surface area (Å²) >= 11 is 1.15. The van der Waals surface area contributed by atoms with E-state index in [-0.39, 0.29) is 16.5 Å². The van der Waals surface area contributed by atoms with Crippen LogP contribution in [-0.4, -0.2) is 33.6 Å². The van der Waals surface area contributed by atoms with Gasteiger partial charge in [0.1, 0.15) is 22.3 Å². The minimum Gasteiger partial charge on any atom is -0.507 e. The van der Waals surface area contributed by atoms with Crippen molar-refractivity contribution in [2.45, 2.75) is 19.9 Å². The number of ether oxygens (including phenoxy) is 1. The number of rotatable bonds is 5. The first-order chi connectivity index (χ1) is 14.9. The molecule has 1 aliphatic rings. The molecule has 1 aliphatic heterocycles. The van der Waals surface area contributed by atoms with Crippen LogP contribution in [0.2, 0.25) is 0 Å². The molecule has 1 unspecified atom stereocenters. The third kappa shape index (κ3) is 3.79. The largest absolute Gasteiger partial charge is 0.507 e. The van der Waals surface area contributed by atoms with Crippen LogP contribution < -0.4 is 9.64 Å². The number of nitrogens with zero attached hydrogens (tertiary/aromatic N) is 3. The molecule has 2 heterocycles. The molecule has 1 saturated heterocycles. The van der Waals surface area contributed by atoms with Crippen molar-refractivity contribution in [2.24, 2.45) is 0 Å². The summed E-state index contributed by atoms with van der Waals surface area (Å²) < 4.78 is 18.9. The van der Waals surface area contributed by atoms with Crippen LogP contribution in [0.4, 0.5) is 9.52 Å². The number of anilines is 1. The topological polar surface area (TPSA) is 92.6 Å². The average Bonchev–Trinajstić information content (AvgIpc) is 3.30. The lowest BCUT2D eigenvalue weighted by Gasteiger charge is -2.22. The monoisotopic (exact) mass is 439 g/mol. The summed E-state index contributed by atoms with van der Waals surface area (Å²) in [5, 5.41) is 19.8. The smallest absolute Gasteiger partial charge is 0.301 e. The Morgan fingerprint density at radius 1 is 1.13 bits per heavy atom. The minimum absolute atomic E-state index is 0.103. The van der Waals surface area contributed by atoms with Crippen molar-refractivity contribution < 1.29 is 23.8 Å². The Kier molecular flexibility index (Phi) is 5.51. The summed E-state index contributed by atoms with van der Waals surface area (Å²) in [6.45, 7) is 4.07. The SMILES string of the molecule is CCOc1ccc(C(O)=C2C(=O)C(=O)N(c3nnc(C)s3)C2c2ccc(F)cc2)cc1. The molecule has 0 spiro atoms. The summed E-state index contributed by atoms with van der Waals surface area (Å²) in [5.41, 5.74) is 0.705. The third-order valence-electron chi connectivity index (χ3n) is 4.79. The molecule has 1 N–H and O–H groups in total. The standard InChI is InChI=1S/C22H18FN3O4S/c1-3-30-16-10-6-14(7-11-16)19(27)17-18(13-4-8-15(23)9-5-13)26(21(29)20(17)28)22-25-24-12(2)31-22/h4-11,18,27H,3H2,1-2H3. The molecule has 9 heteroatoms. The van der Waals surface area contributed by atoms with Crippen LogP contribution in [0, 0.1) is 12.7 Å². The molecule has 3 aromatic rings. The zero-order valence-electron chi connectivity index (χ0n) is 16.7. The molecule has 1 aromatic heterocycles. The van der Waals surface area contributed by atoms with Crippen LogP contribution in [0.15, 0.2) is 54.1 Å². The van der Waals surface area contributed by atoms with E-state index >= 15 is 0 Å². The highest BCUT2D eigenvalue weighted by molar-refractivity contribution is 7.15. The Balaban J connectivity index is 1.87. The Morgan fingerprint density at radius 3 is 2.39 bits per heavy atom. The first kappa shape index (κ1) is 20.7. The number of hydrogen-bond donors (Lipinski definition) is 1. The van der Waals surface area contributed by atoms with Crippen LogP contribution in [0.25, 0.3) is 5.76 Å². The maximum absolute atomic E-state index is 13.5. The normalized spacial score (nSPS) is 17.9. The predicted molar refractivity (Wildman–Crippen MR) is 113 cm³/mol. The number of carbonyl (C=O) groups excluding carboxylic acids is 2. The molecule has 4 rings (SSSR count). The molecule has 1 fully saturated rings. The molecule has 158 valence electrons. The van der Waals surface area contributed by atoms with E-state index in [4.69, 9.17) is 4.74 Å². The van der Waals surface area contributed by atoms with E-state index < -0.39 is 23.5 Å². The van der Waals surface area contributed by atoms with Crippen molar-refractivity contribution in [3.05, 3.63) is 76.1 Å². The van der Waals surface area contributed by atoms with Crippen molar-refractivity contribution in [1.29, 1.82) is 0 Å². The summed E-state index contributed by atoms with van der Waals surface area (Å²) in [6, 6.07) is 11.0. The van der Waals surface area contributed by atoms with Gasteiger partial charge >= 0.3 is 5.91 Å². The fourth-order valence-corrected chi connectivity index (χ4v) is 4.12. The second-order valence-corrected chi connectivity index (χ2v) is 7.94. The molecule has 0 aliphatic carbocycles. The molecule has 1 atom stereocenters. The lowest BCUT2D eigenvalue weighted by molar-refractivity contribution is -0.132. The summed E-state index contributed by atoms with van der Waals surface area (Å²) in [5.74, 6) is -1.87. The molecule has 1 amide bonds. The maximum Gasteiger partial charge on any atom is 0.301 e. The molecule has 7 nitrogen and oxygen atoms in total. The first-order valence-electron chi connectivity index (χ1n) is 9.50. The third-order valence-corrected chi connectivity index (χ3v) is 5.63. The second-order valence-electron chi connectivity index (χ2n) is 6.78. The fraction of sp³-hybridized carbons (Fsp3) is 0.182. The molecule has 0 saturated carbocycles. The van der Waals surface area contributed by atoms with Gasteiger partial charge in [0.2, 0.25) is 5.13 Å². The number of ketones is 1. The molecule has 0 bridgehead atoms. The number of carbonyl (C=O) groups is 2. The average molecular weight is 439 g/mol. The molecular weight excluding hydrogens is 421 g/mol. The highest BCUT2D eigenvalue weighted by atomic mass is 32.1. The van der Waals surface area contributed by atoms with Gasteiger partial charge in [0, 0.05) is 5.56 Å². The number of aromatic nitrogens is 2. The van der Waals surface area contributed by atoms with Crippen LogP contribution in [0.1, 0.15) is 29.1 Å². The number of benzene rings is 2. The lowest BCUT2D eigenvalue weighted by atomic mass is 9.95. The van der Waals surface area contributed by atoms with Gasteiger partial charge < -0.3 is 9.84 Å². The number of aliphatic hydroxyl groups is 1. The van der Waals surface area contributed by atoms with Crippen LogP contribution in [0.3, 0.4) is 0 Å². The lowest BCUT2D eigenvalue weighted by Crippen LogP contribution is -2.29. The van der Waals surface area contributed by atoms with Gasteiger partial charge in [-0.3, -0.25) is 14.5 Å². The zero-order valence-corrected chi connectivity index (χ0v) is 17.5. The van der Waals surface area contributed by atoms with Crippen LogP contribution in [-0.2, 0) is 9.59 Å². The van der Waals surface area contributed by atoms with E-state index in [0.29, 0.717) is 28.5 Å². The van der Waals surface area contributed by atoms with E-state index in [1.54, 1.807) is 31.2 Å². The van der Waals surface area contributed by atoms with E-state index in [1.807, 2.05) is 6.92 Å². The summed E-state index contributed by atoms with van der Waals surface area (Å²) in [6.07, 6.45) is 0. The minimum atomic E-state index is -0.973. The molecular formula is C22H18FN3O4S. The van der Waals surface area contributed by atoms with E-state index in [0.717, 1.165) is 11.3 Å². The van der Waals surface area contributed by atoms with Gasteiger partial charge in [-0.25, -0.2) is 4.39 Å². The van der Waals surface area contributed by atoms with Crippen molar-refractivity contribution in [3.8, 4) is 5.75 Å². The number of Topliss-reactive ketones (excluding diaryl/α,β-unsaturated/α-hetero) is 1. The van der Waals surface area contributed by atoms with E-state index in [1.165, 1.54) is 29.2 Å². The Morgan fingerprint density at radius 2 is 1.81 bits per heavy atom. The Hall–Kier alpha value is -3.59. The van der Waals surface area contributed by atoms with Crippen LogP contribution in [0.5, 0.6) is 5.75 Å². The second kappa shape index (κ2) is 8.27. The fourth-order valence-electron chi connectivity index (χ4n) is 3.40. The van der Waals surface area contributed by atoms with E-state index in [2.05, 4.69) is 10.2 Å². The van der Waals surface area contributed by atoms with Crippen molar-refractivity contribution in [1.82, 2.24) is 10.2 Å². The van der Waals surface area contributed by atoms with Crippen molar-refractivity contribution in [3.63, 3.8) is 0 Å². The van der Waals surface area contributed by atoms with Gasteiger partial charge in [0.25, 0.3) is 5.78 Å². The quantitative estimate of drug-likeness (QED) is 0.367. The zero-order chi connectivity index (χ0) is 22.1. The number of aryl methyl sites for hydroxylation is 1. The highest BCUT2D eigenvalue weighted by Gasteiger charge is 2.48. The number of hydrogen-bond acceptors (Lipinski definition) is 7. The van der Waals surface area contributed by atoms with Gasteiger partial charge in [0.05, 0.1) is 18.2 Å². The van der Waals surface area contributed by atoms with Gasteiger partial charge in [-0.15, -0.1) is 10.2 Å². The van der Waals surface area contributed by atoms with Crippen molar-refractivity contribution >= 4 is 33.9 Å². The molecule has 0 radical (unpaired) electrons. The highest BCUT2D eigenvalue weighted by Crippen LogP contribution is 2.43. The van der Waals surface area contributed by atoms with E-state index in [9.17, 15) is 19.1 Å². The molecule has 31 heavy (non-hydrogen) atoms. The Bertz CT molecular complexity index is 1170. The predicted octanol–water partition coefficient (Wildman–Crippen LogP) is 4.01. The van der Waals surface area contributed by atoms with Crippen molar-refractivity contribution in [2.75, 3.05) is 11.5 Å². The summed E-state index contributed by atoms with van der Waals surface area (Å²) in [4.78, 5) is 27.1. The Labute approximate surface area is 181 Å². The molecule has 2 aromatic carbocycles. The number of aliphatic hydroxyl groups excluding tert-OH is 1. The maximum atomic E-state index is 13.5. The van der Waals surface area contributed by atoms with Crippen LogP contribution >= 0.6 is 11.3 Å². The first-order valence-corrected chi connectivity index (χ1v) is 10.3. The van der Waals surface area contributed by atoms with Gasteiger partial charge in [-0.05, 0) is 55.8 Å². The number of halogens is 1.